The molecule has 0 bridgehead atoms. The molecule has 3 rings (SSSR count). The number of carbonyl (C=O) groups is 1. The van der Waals surface area contributed by atoms with Gasteiger partial charge in [-0.05, 0) is 30.9 Å². The van der Waals surface area contributed by atoms with Crippen molar-refractivity contribution in [3.05, 3.63) is 34.7 Å². The maximum atomic E-state index is 12.5. The number of rotatable bonds is 4. The van der Waals surface area contributed by atoms with E-state index < -0.39 is 11.0 Å². The van der Waals surface area contributed by atoms with Gasteiger partial charge in [-0.2, -0.15) is 0 Å². The van der Waals surface area contributed by atoms with Crippen LogP contribution in [0.5, 0.6) is 0 Å². The van der Waals surface area contributed by atoms with E-state index in [1.54, 1.807) is 6.07 Å². The summed E-state index contributed by atoms with van der Waals surface area (Å²) in [4.78, 5) is 25.0. The second-order valence-corrected chi connectivity index (χ2v) is 8.22. The molecule has 5 heteroatoms. The van der Waals surface area contributed by atoms with Crippen LogP contribution in [0, 0.1) is 11.3 Å². The highest BCUT2D eigenvalue weighted by molar-refractivity contribution is 6.03. The van der Waals surface area contributed by atoms with Crippen molar-refractivity contribution in [3.8, 4) is 0 Å². The third-order valence-corrected chi connectivity index (χ3v) is 5.03. The third kappa shape index (κ3) is 4.09. The van der Waals surface area contributed by atoms with E-state index in [9.17, 15) is 9.59 Å². The first-order valence-electron chi connectivity index (χ1n) is 9.47. The lowest BCUT2D eigenvalue weighted by atomic mass is 9.89. The Balaban J connectivity index is 1.97. The molecule has 140 valence electrons. The summed E-state index contributed by atoms with van der Waals surface area (Å²) < 4.78 is 5.43. The summed E-state index contributed by atoms with van der Waals surface area (Å²) in [6.45, 7) is 6.26. The normalized spacial score (nSPS) is 15.8. The van der Waals surface area contributed by atoms with Crippen LogP contribution in [0.2, 0.25) is 0 Å². The van der Waals surface area contributed by atoms with Gasteiger partial charge in [0.05, 0.1) is 5.69 Å². The minimum atomic E-state index is -0.598. The second kappa shape index (κ2) is 7.52. The monoisotopic (exact) mass is 356 g/mol. The molecule has 1 saturated carbocycles. The standard InChI is InChI=1S/C21H28N2O3/c1-21(2,3)20(25)23-18-17(22-13-14-9-5-4-6-10-14)15-11-7-8-12-16(15)26-19(18)24/h7-8,11-12,14,22H,4-6,9-10,13H2,1-3H3,(H,23,25). The van der Waals surface area contributed by atoms with Gasteiger partial charge in [0, 0.05) is 17.3 Å². The lowest BCUT2D eigenvalue weighted by Gasteiger charge is -2.24. The molecule has 1 aliphatic carbocycles. The molecule has 0 saturated heterocycles. The van der Waals surface area contributed by atoms with Crippen LogP contribution >= 0.6 is 0 Å². The van der Waals surface area contributed by atoms with Crippen LogP contribution in [-0.4, -0.2) is 12.5 Å². The molecule has 0 radical (unpaired) electrons. The number of carbonyl (C=O) groups excluding carboxylic acids is 1. The minimum Gasteiger partial charge on any atom is -0.421 e. The van der Waals surface area contributed by atoms with E-state index in [-0.39, 0.29) is 11.6 Å². The fourth-order valence-electron chi connectivity index (χ4n) is 3.39. The summed E-state index contributed by atoms with van der Waals surface area (Å²) >= 11 is 0. The molecule has 1 heterocycles. The number of hydrogen-bond donors (Lipinski definition) is 2. The van der Waals surface area contributed by atoms with Crippen molar-refractivity contribution in [1.29, 1.82) is 0 Å². The molecule has 26 heavy (non-hydrogen) atoms. The highest BCUT2D eigenvalue weighted by atomic mass is 16.4. The minimum absolute atomic E-state index is 0.208. The van der Waals surface area contributed by atoms with E-state index in [2.05, 4.69) is 10.6 Å². The van der Waals surface area contributed by atoms with Gasteiger partial charge in [-0.25, -0.2) is 4.79 Å². The molecule has 1 aromatic heterocycles. The average Bonchev–Trinajstić information content (AvgIpc) is 2.61. The first-order chi connectivity index (χ1) is 12.4. The Morgan fingerprint density at radius 2 is 1.81 bits per heavy atom. The van der Waals surface area contributed by atoms with E-state index in [0.29, 0.717) is 17.2 Å². The van der Waals surface area contributed by atoms with Crippen LogP contribution < -0.4 is 16.3 Å². The molecule has 0 aliphatic heterocycles. The third-order valence-electron chi connectivity index (χ3n) is 5.03. The van der Waals surface area contributed by atoms with E-state index in [4.69, 9.17) is 4.42 Å². The van der Waals surface area contributed by atoms with Gasteiger partial charge < -0.3 is 15.1 Å². The highest BCUT2D eigenvalue weighted by Gasteiger charge is 2.25. The molecule has 0 unspecified atom stereocenters. The van der Waals surface area contributed by atoms with Crippen molar-refractivity contribution in [2.75, 3.05) is 17.2 Å². The van der Waals surface area contributed by atoms with Crippen molar-refractivity contribution < 1.29 is 9.21 Å². The Morgan fingerprint density at radius 1 is 1.12 bits per heavy atom. The van der Waals surface area contributed by atoms with Gasteiger partial charge in [-0.15, -0.1) is 0 Å². The van der Waals surface area contributed by atoms with Crippen LogP contribution in [0.15, 0.2) is 33.5 Å². The predicted octanol–water partition coefficient (Wildman–Crippen LogP) is 4.77. The molecule has 1 aliphatic rings. The smallest absolute Gasteiger partial charge is 0.362 e. The molecule has 1 fully saturated rings. The summed E-state index contributed by atoms with van der Waals surface area (Å²) in [5.74, 6) is 0.390. The number of amides is 1. The molecule has 2 aromatic rings. The molecule has 1 amide bonds. The molecular weight excluding hydrogens is 328 g/mol. The van der Waals surface area contributed by atoms with E-state index in [1.807, 2.05) is 39.0 Å². The van der Waals surface area contributed by atoms with Crippen LogP contribution in [0.25, 0.3) is 11.0 Å². The van der Waals surface area contributed by atoms with Crippen molar-refractivity contribution in [2.45, 2.75) is 52.9 Å². The van der Waals surface area contributed by atoms with Crippen LogP contribution in [0.3, 0.4) is 0 Å². The van der Waals surface area contributed by atoms with Crippen molar-refractivity contribution >= 4 is 28.3 Å². The summed E-state index contributed by atoms with van der Waals surface area (Å²) in [7, 11) is 0. The number of para-hydroxylation sites is 1. The lowest BCUT2D eigenvalue weighted by molar-refractivity contribution is -0.123. The topological polar surface area (TPSA) is 71.3 Å². The first-order valence-corrected chi connectivity index (χ1v) is 9.47. The zero-order valence-electron chi connectivity index (χ0n) is 15.9. The Morgan fingerprint density at radius 3 is 2.50 bits per heavy atom. The Bertz CT molecular complexity index is 842. The van der Waals surface area contributed by atoms with Gasteiger partial charge in [0.25, 0.3) is 0 Å². The van der Waals surface area contributed by atoms with Crippen LogP contribution in [0.4, 0.5) is 11.4 Å². The molecule has 0 spiro atoms. The van der Waals surface area contributed by atoms with Gasteiger partial charge in [-0.3, -0.25) is 4.79 Å². The largest absolute Gasteiger partial charge is 0.421 e. The Hall–Kier alpha value is -2.30. The number of fused-ring (bicyclic) bond motifs is 1. The summed E-state index contributed by atoms with van der Waals surface area (Å²) in [6.07, 6.45) is 6.24. The van der Waals surface area contributed by atoms with E-state index in [1.165, 1.54) is 32.1 Å². The first kappa shape index (κ1) is 18.5. The summed E-state index contributed by atoms with van der Waals surface area (Å²) in [6, 6.07) is 7.43. The van der Waals surface area contributed by atoms with Gasteiger partial charge >= 0.3 is 5.63 Å². The quantitative estimate of drug-likeness (QED) is 0.774. The number of hydrogen-bond acceptors (Lipinski definition) is 4. The van der Waals surface area contributed by atoms with Gasteiger partial charge in [-0.1, -0.05) is 52.2 Å². The molecule has 2 N–H and O–H groups in total. The maximum absolute atomic E-state index is 12.5. The fraction of sp³-hybridized carbons (Fsp3) is 0.524. The molecule has 5 nitrogen and oxygen atoms in total. The van der Waals surface area contributed by atoms with Gasteiger partial charge in [0.2, 0.25) is 5.91 Å². The molecular formula is C21H28N2O3. The van der Waals surface area contributed by atoms with E-state index >= 15 is 0 Å². The predicted molar refractivity (Wildman–Crippen MR) is 106 cm³/mol. The zero-order chi connectivity index (χ0) is 18.7. The lowest BCUT2D eigenvalue weighted by Crippen LogP contribution is -2.30. The maximum Gasteiger partial charge on any atom is 0.362 e. The van der Waals surface area contributed by atoms with Crippen molar-refractivity contribution in [1.82, 2.24) is 0 Å². The highest BCUT2D eigenvalue weighted by Crippen LogP contribution is 2.31. The zero-order valence-corrected chi connectivity index (χ0v) is 15.9. The van der Waals surface area contributed by atoms with Crippen molar-refractivity contribution in [2.24, 2.45) is 11.3 Å². The molecule has 1 aromatic carbocycles. The number of nitrogens with one attached hydrogen (secondary N) is 2. The summed E-state index contributed by atoms with van der Waals surface area (Å²) in [5.41, 5.74) is 0.280. The number of benzene rings is 1. The second-order valence-electron chi connectivity index (χ2n) is 8.22. The van der Waals surface area contributed by atoms with Gasteiger partial charge in [0.15, 0.2) is 5.69 Å². The van der Waals surface area contributed by atoms with E-state index in [0.717, 1.165) is 11.9 Å². The Labute approximate surface area is 154 Å². The van der Waals surface area contributed by atoms with Crippen LogP contribution in [0.1, 0.15) is 52.9 Å². The SMILES string of the molecule is CC(C)(C)C(=O)Nc1c(NCC2CCCCC2)c2ccccc2oc1=O. The van der Waals surface area contributed by atoms with Gasteiger partial charge in [0.1, 0.15) is 5.58 Å². The van der Waals surface area contributed by atoms with Crippen LogP contribution in [-0.2, 0) is 4.79 Å². The fourth-order valence-corrected chi connectivity index (χ4v) is 3.39. The molecule has 0 atom stereocenters. The average molecular weight is 356 g/mol. The summed E-state index contributed by atoms with van der Waals surface area (Å²) in [5, 5.41) is 7.05. The number of anilines is 2. The Kier molecular flexibility index (Phi) is 5.35. The van der Waals surface area contributed by atoms with Crippen molar-refractivity contribution in [3.63, 3.8) is 0 Å².